The minimum Gasteiger partial charge on any atom is -0.378 e. The molecular weight excluding hydrogens is 245 g/mol. The van der Waals surface area contributed by atoms with E-state index >= 15 is 0 Å². The van der Waals surface area contributed by atoms with Gasteiger partial charge in [0, 0.05) is 31.8 Å². The molecule has 5 heteroatoms. The SMILES string of the molecule is COCc1cc(-n2ccc3cc(F)ccc32)n(C)n1. The number of methoxy groups -OCH3 is 1. The predicted molar refractivity (Wildman–Crippen MR) is 70.7 cm³/mol. The van der Waals surface area contributed by atoms with Gasteiger partial charge in [-0.25, -0.2) is 4.39 Å². The molecule has 0 N–H and O–H groups in total. The van der Waals surface area contributed by atoms with Crippen LogP contribution in [0.2, 0.25) is 0 Å². The van der Waals surface area contributed by atoms with Crippen molar-refractivity contribution in [3.63, 3.8) is 0 Å². The summed E-state index contributed by atoms with van der Waals surface area (Å²) in [5, 5.41) is 5.25. The fourth-order valence-electron chi connectivity index (χ4n) is 2.27. The van der Waals surface area contributed by atoms with E-state index in [1.807, 2.05) is 29.9 Å². The molecule has 0 aliphatic carbocycles. The summed E-state index contributed by atoms with van der Waals surface area (Å²) in [7, 11) is 3.52. The van der Waals surface area contributed by atoms with Crippen LogP contribution < -0.4 is 0 Å². The van der Waals surface area contributed by atoms with Gasteiger partial charge < -0.3 is 9.30 Å². The van der Waals surface area contributed by atoms with Gasteiger partial charge in [0.1, 0.15) is 11.6 Å². The second-order valence-corrected chi connectivity index (χ2v) is 4.44. The first-order chi connectivity index (χ1) is 9.19. The van der Waals surface area contributed by atoms with Crippen LogP contribution in [-0.2, 0) is 18.4 Å². The van der Waals surface area contributed by atoms with Crippen molar-refractivity contribution in [2.24, 2.45) is 7.05 Å². The highest BCUT2D eigenvalue weighted by Gasteiger charge is 2.10. The maximum absolute atomic E-state index is 13.2. The van der Waals surface area contributed by atoms with Crippen molar-refractivity contribution in [3.05, 3.63) is 48.0 Å². The van der Waals surface area contributed by atoms with E-state index in [9.17, 15) is 4.39 Å². The fraction of sp³-hybridized carbons (Fsp3) is 0.214. The number of hydrogen-bond donors (Lipinski definition) is 0. The maximum atomic E-state index is 13.2. The van der Waals surface area contributed by atoms with Crippen LogP contribution in [0.4, 0.5) is 4.39 Å². The number of aryl methyl sites for hydroxylation is 1. The summed E-state index contributed by atoms with van der Waals surface area (Å²) in [4.78, 5) is 0. The first-order valence-corrected chi connectivity index (χ1v) is 5.98. The van der Waals surface area contributed by atoms with E-state index in [2.05, 4.69) is 5.10 Å². The summed E-state index contributed by atoms with van der Waals surface area (Å²) in [6, 6.07) is 8.62. The predicted octanol–water partition coefficient (Wildman–Crippen LogP) is 2.65. The minimum absolute atomic E-state index is 0.227. The second-order valence-electron chi connectivity index (χ2n) is 4.44. The van der Waals surface area contributed by atoms with Crippen LogP contribution >= 0.6 is 0 Å². The van der Waals surface area contributed by atoms with Crippen LogP contribution in [-0.4, -0.2) is 21.5 Å². The van der Waals surface area contributed by atoms with E-state index in [-0.39, 0.29) is 5.82 Å². The topological polar surface area (TPSA) is 32.0 Å². The summed E-state index contributed by atoms with van der Waals surface area (Å²) in [6.45, 7) is 0.474. The third-order valence-electron chi connectivity index (χ3n) is 3.10. The molecule has 4 nitrogen and oxygen atoms in total. The van der Waals surface area contributed by atoms with Crippen molar-refractivity contribution in [1.82, 2.24) is 14.3 Å². The lowest BCUT2D eigenvalue weighted by Gasteiger charge is -2.04. The van der Waals surface area contributed by atoms with Gasteiger partial charge in [-0.3, -0.25) is 4.68 Å². The van der Waals surface area contributed by atoms with Crippen molar-refractivity contribution in [2.45, 2.75) is 6.61 Å². The Morgan fingerprint density at radius 1 is 1.26 bits per heavy atom. The van der Waals surface area contributed by atoms with Crippen molar-refractivity contribution in [1.29, 1.82) is 0 Å². The van der Waals surface area contributed by atoms with Crippen molar-refractivity contribution in [2.75, 3.05) is 7.11 Å². The van der Waals surface area contributed by atoms with Gasteiger partial charge >= 0.3 is 0 Å². The molecular formula is C14H14FN3O. The summed E-state index contributed by atoms with van der Waals surface area (Å²) in [6.07, 6.45) is 1.91. The first-order valence-electron chi connectivity index (χ1n) is 5.98. The molecule has 3 rings (SSSR count). The lowest BCUT2D eigenvalue weighted by atomic mass is 10.2. The van der Waals surface area contributed by atoms with Crippen LogP contribution in [0, 0.1) is 5.82 Å². The Bertz CT molecular complexity index is 729. The quantitative estimate of drug-likeness (QED) is 0.724. The molecule has 2 aromatic heterocycles. The van der Waals surface area contributed by atoms with Gasteiger partial charge in [-0.1, -0.05) is 0 Å². The van der Waals surface area contributed by atoms with Crippen LogP contribution in [0.5, 0.6) is 0 Å². The van der Waals surface area contributed by atoms with Crippen LogP contribution in [0.15, 0.2) is 36.5 Å². The zero-order chi connectivity index (χ0) is 13.4. The van der Waals surface area contributed by atoms with Gasteiger partial charge in [-0.2, -0.15) is 5.10 Å². The maximum Gasteiger partial charge on any atom is 0.135 e. The summed E-state index contributed by atoms with van der Waals surface area (Å²) in [5.74, 6) is 0.698. The highest BCUT2D eigenvalue weighted by atomic mass is 19.1. The Kier molecular flexibility index (Phi) is 2.83. The molecule has 0 saturated carbocycles. The average Bonchev–Trinajstić information content (AvgIpc) is 2.93. The molecule has 0 spiro atoms. The molecule has 0 aliphatic heterocycles. The number of rotatable bonds is 3. The summed E-state index contributed by atoms with van der Waals surface area (Å²) >= 11 is 0. The Morgan fingerprint density at radius 2 is 2.11 bits per heavy atom. The van der Waals surface area contributed by atoms with Gasteiger partial charge in [-0.05, 0) is 24.3 Å². The van der Waals surface area contributed by atoms with E-state index in [1.165, 1.54) is 12.1 Å². The van der Waals surface area contributed by atoms with E-state index in [1.54, 1.807) is 17.9 Å². The zero-order valence-electron chi connectivity index (χ0n) is 10.8. The smallest absolute Gasteiger partial charge is 0.135 e. The molecule has 0 atom stereocenters. The second kappa shape index (κ2) is 4.51. The van der Waals surface area contributed by atoms with Crippen molar-refractivity contribution < 1.29 is 9.13 Å². The molecule has 3 aromatic rings. The Hall–Kier alpha value is -2.14. The molecule has 19 heavy (non-hydrogen) atoms. The third-order valence-corrected chi connectivity index (χ3v) is 3.10. The van der Waals surface area contributed by atoms with Gasteiger partial charge in [-0.15, -0.1) is 0 Å². The summed E-state index contributed by atoms with van der Waals surface area (Å²) in [5.41, 5.74) is 1.82. The van der Waals surface area contributed by atoms with Crippen LogP contribution in [0.25, 0.3) is 16.7 Å². The monoisotopic (exact) mass is 259 g/mol. The Morgan fingerprint density at radius 3 is 2.89 bits per heavy atom. The lowest BCUT2D eigenvalue weighted by molar-refractivity contribution is 0.181. The average molecular weight is 259 g/mol. The van der Waals surface area contributed by atoms with Crippen molar-refractivity contribution in [3.8, 4) is 5.82 Å². The third kappa shape index (κ3) is 2.02. The van der Waals surface area contributed by atoms with Gasteiger partial charge in [0.15, 0.2) is 0 Å². The molecule has 0 fully saturated rings. The standard InChI is InChI=1S/C14H14FN3O/c1-17-14(8-12(16-17)9-19-2)18-6-5-10-7-11(15)3-4-13(10)18/h3-8H,9H2,1-2H3. The molecule has 1 aromatic carbocycles. The number of halogens is 1. The molecule has 0 bridgehead atoms. The van der Waals surface area contributed by atoms with E-state index < -0.39 is 0 Å². The molecule has 98 valence electrons. The fourth-order valence-corrected chi connectivity index (χ4v) is 2.27. The highest BCUT2D eigenvalue weighted by molar-refractivity contribution is 5.81. The van der Waals surface area contributed by atoms with Gasteiger partial charge in [0.2, 0.25) is 0 Å². The van der Waals surface area contributed by atoms with E-state index in [0.29, 0.717) is 6.61 Å². The largest absolute Gasteiger partial charge is 0.378 e. The van der Waals surface area contributed by atoms with Gasteiger partial charge in [0.25, 0.3) is 0 Å². The number of ether oxygens (including phenoxy) is 1. The number of fused-ring (bicyclic) bond motifs is 1. The normalized spacial score (nSPS) is 11.3. The van der Waals surface area contributed by atoms with Gasteiger partial charge in [0.05, 0.1) is 17.8 Å². The van der Waals surface area contributed by atoms with E-state index in [4.69, 9.17) is 4.74 Å². The van der Waals surface area contributed by atoms with Crippen LogP contribution in [0.3, 0.4) is 0 Å². The molecule has 2 heterocycles. The molecule has 0 unspecified atom stereocenters. The number of aromatic nitrogens is 3. The molecule has 0 radical (unpaired) electrons. The number of benzene rings is 1. The Labute approximate surface area is 110 Å². The van der Waals surface area contributed by atoms with Crippen molar-refractivity contribution >= 4 is 10.9 Å². The van der Waals surface area contributed by atoms with E-state index in [0.717, 1.165) is 22.4 Å². The molecule has 0 aliphatic rings. The first kappa shape index (κ1) is 11.9. The number of hydrogen-bond acceptors (Lipinski definition) is 2. The lowest BCUT2D eigenvalue weighted by Crippen LogP contribution is -2.01. The summed E-state index contributed by atoms with van der Waals surface area (Å²) < 4.78 is 22.0. The number of nitrogens with zero attached hydrogens (tertiary/aromatic N) is 3. The Balaban J connectivity index is 2.13. The minimum atomic E-state index is -0.227. The zero-order valence-corrected chi connectivity index (χ0v) is 10.8. The molecule has 0 saturated heterocycles. The van der Waals surface area contributed by atoms with Crippen LogP contribution in [0.1, 0.15) is 5.69 Å². The highest BCUT2D eigenvalue weighted by Crippen LogP contribution is 2.21. The molecule has 0 amide bonds.